The second-order valence-corrected chi connectivity index (χ2v) is 8.20. The molecule has 1 aliphatic rings. The maximum absolute atomic E-state index is 9.53. The molecule has 0 aliphatic carbocycles. The van der Waals surface area contributed by atoms with Crippen molar-refractivity contribution in [2.24, 2.45) is 5.73 Å². The van der Waals surface area contributed by atoms with Gasteiger partial charge in [-0.15, -0.1) is 10.2 Å². The third kappa shape index (κ3) is 4.19. The molecule has 0 amide bonds. The van der Waals surface area contributed by atoms with Crippen molar-refractivity contribution >= 4 is 22.9 Å². The van der Waals surface area contributed by atoms with E-state index < -0.39 is 0 Å². The molecule has 172 valence electrons. The Morgan fingerprint density at radius 1 is 1.21 bits per heavy atom. The van der Waals surface area contributed by atoms with Crippen molar-refractivity contribution in [3.8, 4) is 28.8 Å². The van der Waals surface area contributed by atoms with Gasteiger partial charge in [-0.1, -0.05) is 11.6 Å². The number of nitriles is 1. The van der Waals surface area contributed by atoms with Crippen LogP contribution in [0.2, 0.25) is 5.15 Å². The maximum atomic E-state index is 9.53. The fourth-order valence-corrected chi connectivity index (χ4v) is 4.11. The molecule has 0 bridgehead atoms. The molecule has 0 unspecified atom stereocenters. The first-order valence-corrected chi connectivity index (χ1v) is 11.1. The van der Waals surface area contributed by atoms with Gasteiger partial charge in [-0.3, -0.25) is 0 Å². The van der Waals surface area contributed by atoms with Crippen LogP contribution < -0.4 is 20.1 Å². The number of aromatic nitrogens is 5. The zero-order valence-corrected chi connectivity index (χ0v) is 19.1. The molecule has 4 aromatic rings. The predicted molar refractivity (Wildman–Crippen MR) is 126 cm³/mol. The number of rotatable bonds is 6. The van der Waals surface area contributed by atoms with E-state index in [1.54, 1.807) is 35.2 Å². The number of ether oxygens (including phenoxy) is 2. The third-order valence-corrected chi connectivity index (χ3v) is 5.79. The monoisotopic (exact) mass is 476 g/mol. The lowest BCUT2D eigenvalue weighted by Crippen LogP contribution is -2.37. The van der Waals surface area contributed by atoms with E-state index in [2.05, 4.69) is 31.2 Å². The topological polar surface area (TPSA) is 127 Å². The highest BCUT2D eigenvalue weighted by Crippen LogP contribution is 2.32. The number of halogens is 1. The summed E-state index contributed by atoms with van der Waals surface area (Å²) in [7, 11) is 0. The number of nitrogens with two attached hydrogens (primary N) is 1. The highest BCUT2D eigenvalue weighted by Gasteiger charge is 2.33. The van der Waals surface area contributed by atoms with Crippen LogP contribution in [0, 0.1) is 11.3 Å². The highest BCUT2D eigenvalue weighted by molar-refractivity contribution is 6.29. The maximum Gasteiger partial charge on any atom is 0.233 e. The summed E-state index contributed by atoms with van der Waals surface area (Å²) in [6.45, 7) is 3.59. The Morgan fingerprint density at radius 3 is 2.79 bits per heavy atom. The van der Waals surface area contributed by atoms with Gasteiger partial charge in [-0.2, -0.15) is 10.4 Å². The Balaban J connectivity index is 1.39. The Morgan fingerprint density at radius 2 is 2.09 bits per heavy atom. The van der Waals surface area contributed by atoms with Crippen LogP contribution in [0.1, 0.15) is 12.5 Å². The lowest BCUT2D eigenvalue weighted by Gasteiger charge is -2.18. The van der Waals surface area contributed by atoms with Crippen molar-refractivity contribution < 1.29 is 9.47 Å². The molecule has 5 heterocycles. The molecule has 0 aromatic carbocycles. The van der Waals surface area contributed by atoms with Crippen LogP contribution in [0.25, 0.3) is 16.6 Å². The summed E-state index contributed by atoms with van der Waals surface area (Å²) in [5.74, 6) is 1.82. The lowest BCUT2D eigenvalue weighted by molar-refractivity contribution is 0.196. The standard InChI is InChI=1S/C23H21ClN8O2/c1-2-33-16-7-17(23-15(8-25)10-28-32(23)11-16)14-3-5-21(27-9-14)31-12-18(26)19(13-31)34-22-6-4-20(24)29-30-22/h3-7,9-11,18-19H,2,12-13,26H2,1H3/t18-,19-/m0/s1. The number of hydrogen-bond acceptors (Lipinski definition) is 9. The average molecular weight is 477 g/mol. The van der Waals surface area contributed by atoms with Crippen LogP contribution in [0.5, 0.6) is 11.6 Å². The largest absolute Gasteiger partial charge is 0.492 e. The molecule has 0 spiro atoms. The van der Waals surface area contributed by atoms with E-state index in [0.717, 1.165) is 16.9 Å². The molecule has 2 atom stereocenters. The van der Waals surface area contributed by atoms with Crippen LogP contribution in [-0.2, 0) is 0 Å². The van der Waals surface area contributed by atoms with Crippen molar-refractivity contribution in [2.45, 2.75) is 19.1 Å². The van der Waals surface area contributed by atoms with Gasteiger partial charge in [-0.05, 0) is 31.2 Å². The summed E-state index contributed by atoms with van der Waals surface area (Å²) in [6.07, 6.45) is 4.83. The van der Waals surface area contributed by atoms with Crippen LogP contribution in [0.4, 0.5) is 5.82 Å². The number of nitrogens with zero attached hydrogens (tertiary/aromatic N) is 7. The van der Waals surface area contributed by atoms with Crippen LogP contribution in [0.3, 0.4) is 0 Å². The molecule has 34 heavy (non-hydrogen) atoms. The van der Waals surface area contributed by atoms with Gasteiger partial charge in [0.05, 0.1) is 42.7 Å². The summed E-state index contributed by atoms with van der Waals surface area (Å²) >= 11 is 5.79. The fourth-order valence-electron chi connectivity index (χ4n) is 4.01. The van der Waals surface area contributed by atoms with Gasteiger partial charge in [0.1, 0.15) is 23.7 Å². The molecule has 0 saturated carbocycles. The fraction of sp³-hybridized carbons (Fsp3) is 0.261. The number of pyridine rings is 2. The normalized spacial score (nSPS) is 17.6. The summed E-state index contributed by atoms with van der Waals surface area (Å²) in [5, 5.41) is 21.9. The van der Waals surface area contributed by atoms with Crippen molar-refractivity contribution in [1.29, 1.82) is 5.26 Å². The van der Waals surface area contributed by atoms with Gasteiger partial charge < -0.3 is 20.1 Å². The summed E-state index contributed by atoms with van der Waals surface area (Å²) in [4.78, 5) is 6.73. The van der Waals surface area contributed by atoms with Gasteiger partial charge in [0, 0.05) is 29.9 Å². The van der Waals surface area contributed by atoms with E-state index >= 15 is 0 Å². The van der Waals surface area contributed by atoms with Gasteiger partial charge in [0.15, 0.2) is 5.15 Å². The highest BCUT2D eigenvalue weighted by atomic mass is 35.5. The Kier molecular flexibility index (Phi) is 5.88. The minimum absolute atomic E-state index is 0.216. The van der Waals surface area contributed by atoms with Crippen LogP contribution in [-0.4, -0.2) is 56.6 Å². The molecule has 11 heteroatoms. The Labute approximate surface area is 200 Å². The van der Waals surface area contributed by atoms with E-state index in [-0.39, 0.29) is 12.1 Å². The number of anilines is 1. The van der Waals surface area contributed by atoms with Crippen LogP contribution in [0.15, 0.2) is 48.9 Å². The Hall–Kier alpha value is -3.94. The smallest absolute Gasteiger partial charge is 0.233 e. The zero-order valence-electron chi connectivity index (χ0n) is 18.3. The van der Waals surface area contributed by atoms with E-state index in [0.29, 0.717) is 47.6 Å². The second kappa shape index (κ2) is 9.13. The van der Waals surface area contributed by atoms with E-state index in [1.165, 1.54) is 0 Å². The van der Waals surface area contributed by atoms with Gasteiger partial charge in [0.2, 0.25) is 5.88 Å². The second-order valence-electron chi connectivity index (χ2n) is 7.81. The van der Waals surface area contributed by atoms with E-state index in [9.17, 15) is 5.26 Å². The van der Waals surface area contributed by atoms with Gasteiger partial charge in [0.25, 0.3) is 0 Å². The van der Waals surface area contributed by atoms with Gasteiger partial charge >= 0.3 is 0 Å². The van der Waals surface area contributed by atoms with Gasteiger partial charge in [-0.25, -0.2) is 9.50 Å². The van der Waals surface area contributed by atoms with E-state index in [1.807, 2.05) is 25.1 Å². The summed E-state index contributed by atoms with van der Waals surface area (Å²) in [6, 6.07) is 11.1. The van der Waals surface area contributed by atoms with Crippen molar-refractivity contribution in [3.63, 3.8) is 0 Å². The molecule has 1 aliphatic heterocycles. The quantitative estimate of drug-likeness (QED) is 0.446. The summed E-state index contributed by atoms with van der Waals surface area (Å²) in [5.41, 5.74) is 9.17. The SMILES string of the molecule is CCOc1cc(-c2ccc(N3C[C@H](Oc4ccc(Cl)nn4)[C@@H](N)C3)nc2)c2c(C#N)cnn2c1. The number of hydrogen-bond donors (Lipinski definition) is 1. The first-order chi connectivity index (χ1) is 16.6. The molecule has 2 N–H and O–H groups in total. The molecule has 1 fully saturated rings. The third-order valence-electron chi connectivity index (χ3n) is 5.59. The Bertz CT molecular complexity index is 1350. The average Bonchev–Trinajstić information content (AvgIpc) is 3.43. The molecular weight excluding hydrogens is 456 g/mol. The first kappa shape index (κ1) is 21.9. The number of fused-ring (bicyclic) bond motifs is 1. The minimum atomic E-state index is -0.260. The lowest BCUT2D eigenvalue weighted by atomic mass is 10.1. The minimum Gasteiger partial charge on any atom is -0.492 e. The van der Waals surface area contributed by atoms with Crippen molar-refractivity contribution in [2.75, 3.05) is 24.6 Å². The predicted octanol–water partition coefficient (Wildman–Crippen LogP) is 2.70. The molecule has 10 nitrogen and oxygen atoms in total. The van der Waals surface area contributed by atoms with Crippen LogP contribution >= 0.6 is 11.6 Å². The summed E-state index contributed by atoms with van der Waals surface area (Å²) < 4.78 is 13.3. The van der Waals surface area contributed by atoms with Crippen molar-refractivity contribution in [3.05, 3.63) is 59.6 Å². The molecule has 1 saturated heterocycles. The molecule has 5 rings (SSSR count). The molecule has 0 radical (unpaired) electrons. The van der Waals surface area contributed by atoms with Crippen molar-refractivity contribution in [1.82, 2.24) is 24.8 Å². The van der Waals surface area contributed by atoms with E-state index in [4.69, 9.17) is 26.8 Å². The zero-order chi connectivity index (χ0) is 23.7. The molecular formula is C23H21ClN8O2. The first-order valence-electron chi connectivity index (χ1n) is 10.7. The molecule has 4 aromatic heterocycles.